The normalized spacial score (nSPS) is 18.5. The predicted molar refractivity (Wildman–Crippen MR) is 108 cm³/mol. The van der Waals surface area contributed by atoms with Crippen LogP contribution in [0.4, 0.5) is 5.69 Å². The minimum absolute atomic E-state index is 0.352. The number of hydrogen-bond donors (Lipinski definition) is 1. The third kappa shape index (κ3) is 2.93. The van der Waals surface area contributed by atoms with Gasteiger partial charge in [-0.2, -0.15) is 0 Å². The van der Waals surface area contributed by atoms with Crippen molar-refractivity contribution in [3.05, 3.63) is 94.0 Å². The van der Waals surface area contributed by atoms with Crippen LogP contribution in [0.15, 0.2) is 77.3 Å². The number of hydrogen-bond acceptors (Lipinski definition) is 4. The van der Waals surface area contributed by atoms with E-state index in [1.807, 2.05) is 48.5 Å². The molecule has 4 rings (SSSR count). The van der Waals surface area contributed by atoms with Crippen LogP contribution in [0.25, 0.3) is 0 Å². The molecular weight excluding hydrogens is 406 g/mol. The Bertz CT molecular complexity index is 988. The first-order valence-corrected chi connectivity index (χ1v) is 9.36. The topological polar surface area (TPSA) is 49.8 Å². The Hall–Kier alpha value is -2.63. The monoisotopic (exact) mass is 423 g/mol. The van der Waals surface area contributed by atoms with Crippen molar-refractivity contribution in [2.75, 3.05) is 12.0 Å². The van der Waals surface area contributed by atoms with Gasteiger partial charge >= 0.3 is 0 Å². The molecule has 3 aromatic rings. The molecule has 0 saturated heterocycles. The fraction of sp³-hybridized carbons (Fsp3) is 0.136. The number of fused-ring (bicyclic) bond motifs is 1. The predicted octanol–water partition coefficient (Wildman–Crippen LogP) is 4.51. The van der Waals surface area contributed by atoms with Gasteiger partial charge < -0.3 is 14.7 Å². The summed E-state index contributed by atoms with van der Waals surface area (Å²) in [5.41, 5.74) is 0.905. The second kappa shape index (κ2) is 6.83. The van der Waals surface area contributed by atoms with E-state index < -0.39 is 5.72 Å². The number of nitrogens with zero attached hydrogens (tertiary/aromatic N) is 1. The van der Waals surface area contributed by atoms with E-state index in [4.69, 9.17) is 4.74 Å². The molecule has 1 unspecified atom stereocenters. The number of anilines is 1. The van der Waals surface area contributed by atoms with Gasteiger partial charge in [0.1, 0.15) is 5.75 Å². The molecule has 0 aromatic heterocycles. The van der Waals surface area contributed by atoms with E-state index in [9.17, 15) is 9.90 Å². The molecule has 4 nitrogen and oxygen atoms in total. The number of methoxy groups -OCH3 is 1. The van der Waals surface area contributed by atoms with Gasteiger partial charge in [-0.15, -0.1) is 0 Å². The summed E-state index contributed by atoms with van der Waals surface area (Å²) in [5, 5.41) is 11.6. The van der Waals surface area contributed by atoms with Crippen molar-refractivity contribution < 1.29 is 14.6 Å². The summed E-state index contributed by atoms with van der Waals surface area (Å²) in [6, 6.07) is 22.3. The lowest BCUT2D eigenvalue weighted by Crippen LogP contribution is -2.47. The molecule has 5 heteroatoms. The molecule has 0 saturated carbocycles. The number of ether oxygens (including phenoxy) is 1. The van der Waals surface area contributed by atoms with E-state index >= 15 is 0 Å². The smallest absolute Gasteiger partial charge is 0.230 e. The highest BCUT2D eigenvalue weighted by atomic mass is 79.9. The largest absolute Gasteiger partial charge is 0.497 e. The fourth-order valence-electron chi connectivity index (χ4n) is 3.48. The lowest BCUT2D eigenvalue weighted by atomic mass is 9.96. The summed E-state index contributed by atoms with van der Waals surface area (Å²) < 4.78 is 6.16. The van der Waals surface area contributed by atoms with Crippen LogP contribution in [0.1, 0.15) is 21.5 Å². The first-order chi connectivity index (χ1) is 13.0. The summed E-state index contributed by atoms with van der Waals surface area (Å²) in [5.74, 6) is 0.233. The van der Waals surface area contributed by atoms with Crippen molar-refractivity contribution in [3.8, 4) is 5.75 Å². The fourth-order valence-corrected chi connectivity index (χ4v) is 3.74. The van der Waals surface area contributed by atoms with E-state index in [1.54, 1.807) is 36.3 Å². The Kier molecular flexibility index (Phi) is 4.50. The van der Waals surface area contributed by atoms with Crippen molar-refractivity contribution in [2.24, 2.45) is 0 Å². The van der Waals surface area contributed by atoms with E-state index in [0.717, 1.165) is 10.0 Å². The Morgan fingerprint density at radius 3 is 2.41 bits per heavy atom. The highest BCUT2D eigenvalue weighted by Gasteiger charge is 2.51. The zero-order valence-electron chi connectivity index (χ0n) is 14.7. The second-order valence-electron chi connectivity index (χ2n) is 6.46. The van der Waals surface area contributed by atoms with Crippen LogP contribution in [-0.4, -0.2) is 18.0 Å². The Morgan fingerprint density at radius 1 is 1.04 bits per heavy atom. The van der Waals surface area contributed by atoms with Crippen molar-refractivity contribution in [1.29, 1.82) is 0 Å². The lowest BCUT2D eigenvalue weighted by molar-refractivity contribution is 0.0320. The summed E-state index contributed by atoms with van der Waals surface area (Å²) in [6.45, 7) is 0.401. The van der Waals surface area contributed by atoms with Crippen molar-refractivity contribution >= 4 is 27.4 Å². The Balaban J connectivity index is 1.87. The molecule has 1 heterocycles. The average molecular weight is 424 g/mol. The van der Waals surface area contributed by atoms with Crippen LogP contribution in [0.3, 0.4) is 0 Å². The third-order valence-corrected chi connectivity index (χ3v) is 5.41. The molecule has 3 aromatic carbocycles. The minimum atomic E-state index is -1.77. The number of aliphatic hydroxyl groups is 1. The Labute approximate surface area is 166 Å². The molecule has 1 atom stereocenters. The van der Waals surface area contributed by atoms with Crippen molar-refractivity contribution in [2.45, 2.75) is 12.3 Å². The lowest BCUT2D eigenvalue weighted by Gasteiger charge is -2.34. The van der Waals surface area contributed by atoms with Gasteiger partial charge in [0, 0.05) is 16.6 Å². The second-order valence-corrected chi connectivity index (χ2v) is 7.38. The van der Waals surface area contributed by atoms with Gasteiger partial charge in [0.05, 0.1) is 18.4 Å². The number of Topliss-reactive ketones (excluding diaryl/α,β-unsaturated/α-hetero) is 1. The molecule has 0 fully saturated rings. The van der Waals surface area contributed by atoms with Gasteiger partial charge in [-0.25, -0.2) is 0 Å². The van der Waals surface area contributed by atoms with Crippen LogP contribution >= 0.6 is 15.9 Å². The van der Waals surface area contributed by atoms with Gasteiger partial charge in [0.15, 0.2) is 0 Å². The van der Waals surface area contributed by atoms with Crippen LogP contribution in [0.2, 0.25) is 0 Å². The van der Waals surface area contributed by atoms with Crippen LogP contribution in [-0.2, 0) is 12.3 Å². The number of halogens is 1. The molecule has 1 aliphatic heterocycles. The molecule has 136 valence electrons. The molecule has 1 aliphatic rings. The molecular formula is C22H18BrNO3. The third-order valence-electron chi connectivity index (χ3n) is 4.88. The van der Waals surface area contributed by atoms with Crippen molar-refractivity contribution in [1.82, 2.24) is 0 Å². The minimum Gasteiger partial charge on any atom is -0.497 e. The number of carbonyl (C=O) groups is 1. The maximum Gasteiger partial charge on any atom is 0.230 e. The van der Waals surface area contributed by atoms with Crippen molar-refractivity contribution in [3.63, 3.8) is 0 Å². The van der Waals surface area contributed by atoms with Gasteiger partial charge in [-0.1, -0.05) is 58.4 Å². The zero-order chi connectivity index (χ0) is 19.0. The summed E-state index contributed by atoms with van der Waals surface area (Å²) >= 11 is 3.41. The first kappa shape index (κ1) is 17.8. The summed E-state index contributed by atoms with van der Waals surface area (Å²) in [4.78, 5) is 15.1. The highest BCUT2D eigenvalue weighted by molar-refractivity contribution is 9.10. The first-order valence-electron chi connectivity index (χ1n) is 8.57. The zero-order valence-corrected chi connectivity index (χ0v) is 16.3. The number of carbonyl (C=O) groups excluding carboxylic acids is 1. The van der Waals surface area contributed by atoms with Crippen LogP contribution in [0.5, 0.6) is 5.75 Å². The van der Waals surface area contributed by atoms with Crippen LogP contribution < -0.4 is 9.64 Å². The standard InChI is InChI=1S/C22H18BrNO3/c1-27-18-11-12-20-19(13-18)21(25)22(26,16-7-9-17(23)10-8-16)24(20)14-15-5-3-2-4-6-15/h2-13,26H,14H2,1H3. The number of ketones is 1. The van der Waals surface area contributed by atoms with E-state index in [0.29, 0.717) is 29.1 Å². The molecule has 0 radical (unpaired) electrons. The molecule has 0 bridgehead atoms. The van der Waals surface area contributed by atoms with E-state index in [2.05, 4.69) is 15.9 Å². The quantitative estimate of drug-likeness (QED) is 0.670. The van der Waals surface area contributed by atoms with Gasteiger partial charge in [-0.3, -0.25) is 4.79 Å². The summed E-state index contributed by atoms with van der Waals surface area (Å²) in [6.07, 6.45) is 0. The maximum atomic E-state index is 13.3. The molecule has 27 heavy (non-hydrogen) atoms. The number of benzene rings is 3. The Morgan fingerprint density at radius 2 is 1.74 bits per heavy atom. The molecule has 1 N–H and O–H groups in total. The van der Waals surface area contributed by atoms with Crippen LogP contribution in [0, 0.1) is 0 Å². The molecule has 0 spiro atoms. The summed E-state index contributed by atoms with van der Waals surface area (Å²) in [7, 11) is 1.56. The SMILES string of the molecule is COc1ccc2c(c1)C(=O)C(O)(c1ccc(Br)cc1)N2Cc1ccccc1. The average Bonchev–Trinajstić information content (AvgIpc) is 2.91. The van der Waals surface area contributed by atoms with E-state index in [1.165, 1.54) is 0 Å². The molecule has 0 aliphatic carbocycles. The van der Waals surface area contributed by atoms with Gasteiger partial charge in [0.2, 0.25) is 11.5 Å². The highest BCUT2D eigenvalue weighted by Crippen LogP contribution is 2.45. The van der Waals surface area contributed by atoms with Gasteiger partial charge in [-0.05, 0) is 35.9 Å². The van der Waals surface area contributed by atoms with Gasteiger partial charge in [0.25, 0.3) is 0 Å². The van der Waals surface area contributed by atoms with E-state index in [-0.39, 0.29) is 5.78 Å². The number of rotatable bonds is 4. The maximum absolute atomic E-state index is 13.3. The molecule has 0 amide bonds.